The Morgan fingerprint density at radius 1 is 1.36 bits per heavy atom. The van der Waals surface area contributed by atoms with Crippen LogP contribution in [0, 0.1) is 0 Å². The standard InChI is InChI=1S/C18H27N5O2/c1-14(2)20-18(24)22-7-6-17-19-11-15(23(17)9-8-22)12-21(3)13-16-5-4-10-25-16/h4-5,10-11,14H,6-9,12-13H2,1-3H3,(H,20,24). The predicted molar refractivity (Wildman–Crippen MR) is 95.1 cm³/mol. The van der Waals surface area contributed by atoms with Crippen LogP contribution >= 0.6 is 0 Å². The van der Waals surface area contributed by atoms with Gasteiger partial charge in [-0.05, 0) is 33.0 Å². The molecule has 136 valence electrons. The van der Waals surface area contributed by atoms with Crippen molar-refractivity contribution in [3.05, 3.63) is 41.9 Å². The fourth-order valence-electron chi connectivity index (χ4n) is 3.16. The summed E-state index contributed by atoms with van der Waals surface area (Å²) in [6.45, 7) is 7.71. The van der Waals surface area contributed by atoms with Crippen LogP contribution in [0.4, 0.5) is 4.79 Å². The summed E-state index contributed by atoms with van der Waals surface area (Å²) in [5.41, 5.74) is 1.18. The summed E-state index contributed by atoms with van der Waals surface area (Å²) < 4.78 is 7.66. The zero-order valence-electron chi connectivity index (χ0n) is 15.2. The number of nitrogens with one attached hydrogen (secondary N) is 1. The van der Waals surface area contributed by atoms with Gasteiger partial charge in [0.1, 0.15) is 11.6 Å². The van der Waals surface area contributed by atoms with Crippen LogP contribution in [0.1, 0.15) is 31.1 Å². The van der Waals surface area contributed by atoms with Crippen LogP contribution in [0.3, 0.4) is 0 Å². The van der Waals surface area contributed by atoms with Gasteiger partial charge in [-0.2, -0.15) is 0 Å². The van der Waals surface area contributed by atoms with Crippen LogP contribution in [-0.4, -0.2) is 51.6 Å². The van der Waals surface area contributed by atoms with Crippen molar-refractivity contribution in [3.8, 4) is 0 Å². The van der Waals surface area contributed by atoms with Crippen LogP contribution in [0.25, 0.3) is 0 Å². The second-order valence-electron chi connectivity index (χ2n) is 6.91. The Balaban J connectivity index is 1.61. The van der Waals surface area contributed by atoms with E-state index in [2.05, 4.69) is 26.8 Å². The number of nitrogens with zero attached hydrogens (tertiary/aromatic N) is 4. The second-order valence-corrected chi connectivity index (χ2v) is 6.91. The number of amides is 2. The molecule has 1 aliphatic rings. The van der Waals surface area contributed by atoms with E-state index in [1.54, 1.807) is 6.26 Å². The van der Waals surface area contributed by atoms with E-state index < -0.39 is 0 Å². The number of rotatable bonds is 5. The van der Waals surface area contributed by atoms with E-state index in [-0.39, 0.29) is 12.1 Å². The van der Waals surface area contributed by atoms with Gasteiger partial charge in [0.05, 0.1) is 18.5 Å². The average molecular weight is 345 g/mol. The number of urea groups is 1. The van der Waals surface area contributed by atoms with Crippen LogP contribution < -0.4 is 5.32 Å². The summed E-state index contributed by atoms with van der Waals surface area (Å²) >= 11 is 0. The molecule has 0 fully saturated rings. The molecule has 1 aliphatic heterocycles. The molecule has 0 aliphatic carbocycles. The highest BCUT2D eigenvalue weighted by atomic mass is 16.3. The van der Waals surface area contributed by atoms with Crippen molar-refractivity contribution >= 4 is 6.03 Å². The minimum Gasteiger partial charge on any atom is -0.468 e. The Labute approximate surface area is 148 Å². The molecule has 0 aromatic carbocycles. The topological polar surface area (TPSA) is 66.5 Å². The molecule has 0 bridgehead atoms. The highest BCUT2D eigenvalue weighted by Gasteiger charge is 2.21. The van der Waals surface area contributed by atoms with Crippen molar-refractivity contribution in [2.75, 3.05) is 20.1 Å². The maximum absolute atomic E-state index is 12.2. The van der Waals surface area contributed by atoms with Gasteiger partial charge in [0.25, 0.3) is 0 Å². The van der Waals surface area contributed by atoms with Crippen molar-refractivity contribution in [1.29, 1.82) is 0 Å². The minimum absolute atomic E-state index is 0.0113. The lowest BCUT2D eigenvalue weighted by Gasteiger charge is -2.22. The molecule has 25 heavy (non-hydrogen) atoms. The van der Waals surface area contributed by atoms with Crippen molar-refractivity contribution < 1.29 is 9.21 Å². The molecule has 0 saturated carbocycles. The molecule has 2 aromatic heterocycles. The Morgan fingerprint density at radius 3 is 2.92 bits per heavy atom. The van der Waals surface area contributed by atoms with E-state index in [0.717, 1.165) is 37.6 Å². The largest absolute Gasteiger partial charge is 0.468 e. The molecule has 2 aromatic rings. The van der Waals surface area contributed by atoms with Gasteiger partial charge >= 0.3 is 6.03 Å². The van der Waals surface area contributed by atoms with Crippen molar-refractivity contribution in [3.63, 3.8) is 0 Å². The monoisotopic (exact) mass is 345 g/mol. The lowest BCUT2D eigenvalue weighted by Crippen LogP contribution is -2.44. The molecule has 0 unspecified atom stereocenters. The highest BCUT2D eigenvalue weighted by molar-refractivity contribution is 5.74. The van der Waals surface area contributed by atoms with Gasteiger partial charge in [0.2, 0.25) is 0 Å². The molecule has 0 saturated heterocycles. The Kier molecular flexibility index (Phi) is 5.43. The van der Waals surface area contributed by atoms with E-state index in [0.29, 0.717) is 13.1 Å². The first kappa shape index (κ1) is 17.5. The highest BCUT2D eigenvalue weighted by Crippen LogP contribution is 2.15. The molecule has 2 amide bonds. The fourth-order valence-corrected chi connectivity index (χ4v) is 3.16. The Morgan fingerprint density at radius 2 is 2.20 bits per heavy atom. The summed E-state index contributed by atoms with van der Waals surface area (Å²) in [6, 6.07) is 4.06. The van der Waals surface area contributed by atoms with E-state index in [9.17, 15) is 4.79 Å². The molecule has 0 atom stereocenters. The van der Waals surface area contributed by atoms with E-state index in [1.165, 1.54) is 5.69 Å². The molecule has 3 rings (SSSR count). The average Bonchev–Trinajstić information content (AvgIpc) is 3.12. The number of furan rings is 1. The Bertz CT molecular complexity index is 692. The molecule has 3 heterocycles. The summed E-state index contributed by atoms with van der Waals surface area (Å²) in [5, 5.41) is 2.97. The van der Waals surface area contributed by atoms with E-state index >= 15 is 0 Å². The van der Waals surface area contributed by atoms with Gasteiger partial charge in [0, 0.05) is 44.8 Å². The number of fused-ring (bicyclic) bond motifs is 1. The molecule has 1 N–H and O–H groups in total. The van der Waals surface area contributed by atoms with Gasteiger partial charge < -0.3 is 19.2 Å². The molecular weight excluding hydrogens is 318 g/mol. The summed E-state index contributed by atoms with van der Waals surface area (Å²) in [7, 11) is 2.07. The quantitative estimate of drug-likeness (QED) is 0.901. The zero-order valence-corrected chi connectivity index (χ0v) is 15.2. The maximum Gasteiger partial charge on any atom is 0.317 e. The summed E-state index contributed by atoms with van der Waals surface area (Å²) in [4.78, 5) is 20.9. The third kappa shape index (κ3) is 4.42. The number of hydrogen-bond acceptors (Lipinski definition) is 4. The third-order valence-electron chi connectivity index (χ3n) is 4.36. The molecule has 0 radical (unpaired) electrons. The van der Waals surface area contributed by atoms with Crippen LogP contribution in [0.15, 0.2) is 29.0 Å². The Hall–Kier alpha value is -2.28. The molecule has 0 spiro atoms. The van der Waals surface area contributed by atoms with Gasteiger partial charge in [-0.3, -0.25) is 4.90 Å². The van der Waals surface area contributed by atoms with E-state index in [4.69, 9.17) is 4.42 Å². The van der Waals surface area contributed by atoms with Crippen molar-refractivity contribution in [2.24, 2.45) is 0 Å². The number of imidazole rings is 1. The summed E-state index contributed by atoms with van der Waals surface area (Å²) in [5.74, 6) is 2.01. The van der Waals surface area contributed by atoms with Crippen LogP contribution in [0.5, 0.6) is 0 Å². The lowest BCUT2D eigenvalue weighted by atomic mass is 10.3. The second kappa shape index (κ2) is 7.74. The smallest absolute Gasteiger partial charge is 0.317 e. The number of hydrogen-bond donors (Lipinski definition) is 1. The molecular formula is C18H27N5O2. The minimum atomic E-state index is 0.0113. The zero-order chi connectivity index (χ0) is 17.8. The lowest BCUT2D eigenvalue weighted by molar-refractivity contribution is 0.196. The SMILES string of the molecule is CC(C)NC(=O)N1CCc2ncc(CN(C)Cc3ccco3)n2CC1. The fraction of sp³-hybridized carbons (Fsp3) is 0.556. The van der Waals surface area contributed by atoms with Crippen LogP contribution in [0.2, 0.25) is 0 Å². The normalized spacial score (nSPS) is 14.7. The summed E-state index contributed by atoms with van der Waals surface area (Å²) in [6.07, 6.45) is 4.44. The number of carbonyl (C=O) groups is 1. The first-order valence-electron chi connectivity index (χ1n) is 8.82. The van der Waals surface area contributed by atoms with Crippen molar-refractivity contribution in [1.82, 2.24) is 24.7 Å². The predicted octanol–water partition coefficient (Wildman–Crippen LogP) is 2.08. The maximum atomic E-state index is 12.2. The first-order chi connectivity index (χ1) is 12.0. The molecule has 7 heteroatoms. The van der Waals surface area contributed by atoms with Gasteiger partial charge in [0.15, 0.2) is 0 Å². The molecule has 7 nitrogen and oxygen atoms in total. The van der Waals surface area contributed by atoms with E-state index in [1.807, 2.05) is 37.1 Å². The van der Waals surface area contributed by atoms with Gasteiger partial charge in [-0.15, -0.1) is 0 Å². The van der Waals surface area contributed by atoms with Gasteiger partial charge in [-0.1, -0.05) is 0 Å². The number of carbonyl (C=O) groups excluding carboxylic acids is 1. The third-order valence-corrected chi connectivity index (χ3v) is 4.36. The van der Waals surface area contributed by atoms with Crippen molar-refractivity contribution in [2.45, 2.75) is 45.9 Å². The van der Waals surface area contributed by atoms with Gasteiger partial charge in [-0.25, -0.2) is 9.78 Å². The number of aromatic nitrogens is 2. The van der Waals surface area contributed by atoms with Crippen LogP contribution in [-0.2, 0) is 26.1 Å². The first-order valence-corrected chi connectivity index (χ1v) is 8.82.